The van der Waals surface area contributed by atoms with Gasteiger partial charge in [0.05, 0.1) is 19.8 Å². The fourth-order valence-electron chi connectivity index (χ4n) is 6.83. The molecule has 2 aliphatic heterocycles. The molecular formula is C43H76O15. The largest absolute Gasteiger partial charge is 0.462 e. The van der Waals surface area contributed by atoms with Crippen LogP contribution >= 0.6 is 0 Å². The third-order valence-electron chi connectivity index (χ3n) is 10.5. The molecule has 15 nitrogen and oxygen atoms in total. The quantitative estimate of drug-likeness (QED) is 0.0220. The summed E-state index contributed by atoms with van der Waals surface area (Å²) in [7, 11) is 0. The molecule has 0 aromatic carbocycles. The Morgan fingerprint density at radius 2 is 1.09 bits per heavy atom. The van der Waals surface area contributed by atoms with Gasteiger partial charge >= 0.3 is 11.9 Å². The topological polar surface area (TPSA) is 231 Å². The number of hydrogen-bond donors (Lipinski definition) is 7. The summed E-state index contributed by atoms with van der Waals surface area (Å²) in [6.07, 6.45) is 11.7. The van der Waals surface area contributed by atoms with E-state index in [0.717, 1.165) is 44.9 Å². The van der Waals surface area contributed by atoms with Crippen molar-refractivity contribution >= 4 is 11.9 Å². The Kier molecular flexibility index (Phi) is 28.6. The fraction of sp³-hybridized carbons (Fsp3) is 0.860. The van der Waals surface area contributed by atoms with E-state index in [1.54, 1.807) is 12.2 Å². The van der Waals surface area contributed by atoms with Crippen molar-refractivity contribution in [3.63, 3.8) is 0 Å². The minimum atomic E-state index is -1.78. The Balaban J connectivity index is 1.89. The number of allylic oxidation sites excluding steroid dienone is 3. The van der Waals surface area contributed by atoms with Gasteiger partial charge in [-0.2, -0.15) is 0 Å². The molecule has 2 saturated heterocycles. The normalized spacial score (nSPS) is 28.3. The van der Waals surface area contributed by atoms with E-state index >= 15 is 0 Å². The van der Waals surface area contributed by atoms with Gasteiger partial charge in [-0.05, 0) is 19.3 Å². The molecule has 0 saturated carbocycles. The summed E-state index contributed by atoms with van der Waals surface area (Å²) in [6.45, 7) is 2.39. The highest BCUT2D eigenvalue weighted by atomic mass is 16.7. The Labute approximate surface area is 345 Å². The van der Waals surface area contributed by atoms with Gasteiger partial charge in [-0.25, -0.2) is 4.79 Å². The van der Waals surface area contributed by atoms with Gasteiger partial charge in [0.25, 0.3) is 0 Å². The SMILES string of the molecule is CCCCCCCCCCCCC/C=C/C=C/C(=O)O[C@H](COC(=O)CCCCCCCCC)CO[C@@H]1O[C@H](CO[C@@H]2O[C@H](CO)[C@H](O)C(O)C2O)[C@H](O)C(O)C1O. The van der Waals surface area contributed by atoms with E-state index in [9.17, 15) is 45.3 Å². The van der Waals surface area contributed by atoms with Gasteiger partial charge in [0.2, 0.25) is 0 Å². The van der Waals surface area contributed by atoms with E-state index in [1.807, 2.05) is 6.08 Å². The Hall–Kier alpha value is -2.02. The lowest BCUT2D eigenvalue weighted by Gasteiger charge is -2.42. The molecule has 2 aliphatic rings. The highest BCUT2D eigenvalue weighted by Gasteiger charge is 2.47. The van der Waals surface area contributed by atoms with Gasteiger partial charge in [-0.15, -0.1) is 0 Å². The molecule has 2 rings (SSSR count). The number of aliphatic hydroxyl groups is 7. The third kappa shape index (κ3) is 21.0. The first-order chi connectivity index (χ1) is 28.0. The highest BCUT2D eigenvalue weighted by Crippen LogP contribution is 2.26. The maximum Gasteiger partial charge on any atom is 0.331 e. The molecule has 15 heteroatoms. The molecule has 2 fully saturated rings. The van der Waals surface area contributed by atoms with Crippen LogP contribution in [0.5, 0.6) is 0 Å². The maximum atomic E-state index is 12.8. The Bertz CT molecular complexity index is 1120. The number of unbranched alkanes of at least 4 members (excludes halogenated alkanes) is 17. The van der Waals surface area contributed by atoms with Crippen LogP contribution in [0, 0.1) is 0 Å². The van der Waals surface area contributed by atoms with Crippen molar-refractivity contribution in [3.8, 4) is 0 Å². The number of esters is 2. The second kappa shape index (κ2) is 31.8. The molecular weight excluding hydrogens is 756 g/mol. The molecule has 0 spiro atoms. The first-order valence-corrected chi connectivity index (χ1v) is 22.0. The van der Waals surface area contributed by atoms with Crippen molar-refractivity contribution in [2.75, 3.05) is 26.4 Å². The van der Waals surface area contributed by atoms with Gasteiger partial charge in [0.1, 0.15) is 55.4 Å². The fourth-order valence-corrected chi connectivity index (χ4v) is 6.83. The molecule has 338 valence electrons. The van der Waals surface area contributed by atoms with Crippen LogP contribution < -0.4 is 0 Å². The molecule has 58 heavy (non-hydrogen) atoms. The van der Waals surface area contributed by atoms with Crippen LogP contribution in [0.15, 0.2) is 24.3 Å². The van der Waals surface area contributed by atoms with E-state index in [1.165, 1.54) is 76.7 Å². The van der Waals surface area contributed by atoms with Crippen molar-refractivity contribution in [1.82, 2.24) is 0 Å². The van der Waals surface area contributed by atoms with Crippen molar-refractivity contribution < 1.29 is 73.8 Å². The summed E-state index contributed by atoms with van der Waals surface area (Å²) in [6, 6.07) is 0. The van der Waals surface area contributed by atoms with Gasteiger partial charge in [-0.1, -0.05) is 135 Å². The highest BCUT2D eigenvalue weighted by molar-refractivity contribution is 5.82. The van der Waals surface area contributed by atoms with Crippen LogP contribution in [-0.2, 0) is 38.0 Å². The van der Waals surface area contributed by atoms with Crippen LogP contribution in [-0.4, -0.2) is 142 Å². The maximum absolute atomic E-state index is 12.8. The van der Waals surface area contributed by atoms with Gasteiger partial charge in [0.15, 0.2) is 18.7 Å². The second-order valence-corrected chi connectivity index (χ2v) is 15.6. The van der Waals surface area contributed by atoms with Gasteiger partial charge in [0, 0.05) is 12.5 Å². The summed E-state index contributed by atoms with van der Waals surface area (Å²) in [4.78, 5) is 25.3. The minimum absolute atomic E-state index is 0.198. The standard InChI is InChI=1S/C43H76O15/c1-3-5-7-9-11-12-13-14-15-16-17-18-20-22-24-26-35(46)56-31(28-53-34(45)25-23-21-19-10-8-6-4-2)29-54-42-41(52)39(50)37(48)33(58-42)30-55-43-40(51)38(49)36(47)32(27-44)57-43/h20,22,24,26,31-33,36-44,47-52H,3-19,21,23,25,27-30H2,1-2H3/b22-20+,26-24+/t31-,32-,33-,36+,37+,38?,39?,40?,41?,42-,43-/m1/s1. The number of carbonyl (C=O) groups excluding carboxylic acids is 2. The monoisotopic (exact) mass is 833 g/mol. The van der Waals surface area contributed by atoms with Crippen molar-refractivity contribution in [2.45, 2.75) is 210 Å². The lowest BCUT2D eigenvalue weighted by molar-refractivity contribution is -0.332. The lowest BCUT2D eigenvalue weighted by atomic mass is 9.98. The smallest absolute Gasteiger partial charge is 0.331 e. The zero-order valence-electron chi connectivity index (χ0n) is 35.0. The zero-order valence-corrected chi connectivity index (χ0v) is 35.0. The molecule has 0 amide bonds. The van der Waals surface area contributed by atoms with Crippen molar-refractivity contribution in [1.29, 1.82) is 0 Å². The van der Waals surface area contributed by atoms with E-state index in [4.69, 9.17) is 28.4 Å². The molecule has 4 unspecified atom stereocenters. The molecule has 0 radical (unpaired) electrons. The predicted molar refractivity (Wildman–Crippen MR) is 215 cm³/mol. The average Bonchev–Trinajstić information content (AvgIpc) is 3.21. The third-order valence-corrected chi connectivity index (χ3v) is 10.5. The van der Waals surface area contributed by atoms with Crippen molar-refractivity contribution in [3.05, 3.63) is 24.3 Å². The van der Waals surface area contributed by atoms with Gasteiger partial charge in [-0.3, -0.25) is 4.79 Å². The molecule has 0 bridgehead atoms. The van der Waals surface area contributed by atoms with E-state index < -0.39 is 99.3 Å². The lowest BCUT2D eigenvalue weighted by Crippen LogP contribution is -2.61. The second-order valence-electron chi connectivity index (χ2n) is 15.6. The van der Waals surface area contributed by atoms with Crippen LogP contribution in [0.3, 0.4) is 0 Å². The number of ether oxygens (including phenoxy) is 6. The predicted octanol–water partition coefficient (Wildman–Crippen LogP) is 4.04. The summed E-state index contributed by atoms with van der Waals surface area (Å²) >= 11 is 0. The van der Waals surface area contributed by atoms with E-state index in [0.29, 0.717) is 6.42 Å². The van der Waals surface area contributed by atoms with E-state index in [2.05, 4.69) is 13.8 Å². The first-order valence-electron chi connectivity index (χ1n) is 22.0. The van der Waals surface area contributed by atoms with Crippen LogP contribution in [0.25, 0.3) is 0 Å². The summed E-state index contributed by atoms with van der Waals surface area (Å²) < 4.78 is 33.1. The average molecular weight is 833 g/mol. The molecule has 0 aromatic rings. The Morgan fingerprint density at radius 1 is 0.586 bits per heavy atom. The minimum Gasteiger partial charge on any atom is -0.462 e. The summed E-state index contributed by atoms with van der Waals surface area (Å²) in [5, 5.41) is 71.6. The summed E-state index contributed by atoms with van der Waals surface area (Å²) in [5.74, 6) is -1.18. The molecule has 11 atom stereocenters. The van der Waals surface area contributed by atoms with Gasteiger partial charge < -0.3 is 64.2 Å². The van der Waals surface area contributed by atoms with Crippen molar-refractivity contribution in [2.24, 2.45) is 0 Å². The molecule has 7 N–H and O–H groups in total. The van der Waals surface area contributed by atoms with E-state index in [-0.39, 0.29) is 13.0 Å². The summed E-state index contributed by atoms with van der Waals surface area (Å²) in [5.41, 5.74) is 0. The Morgan fingerprint density at radius 3 is 1.66 bits per heavy atom. The van der Waals surface area contributed by atoms with Crippen LogP contribution in [0.4, 0.5) is 0 Å². The van der Waals surface area contributed by atoms with Crippen LogP contribution in [0.2, 0.25) is 0 Å². The van der Waals surface area contributed by atoms with Crippen LogP contribution in [0.1, 0.15) is 142 Å². The number of rotatable bonds is 32. The first kappa shape index (κ1) is 52.1. The molecule has 0 aromatic heterocycles. The number of aliphatic hydroxyl groups excluding tert-OH is 7. The number of hydrogen-bond acceptors (Lipinski definition) is 15. The zero-order chi connectivity index (χ0) is 42.5. The molecule has 0 aliphatic carbocycles. The molecule has 2 heterocycles. The number of carbonyl (C=O) groups is 2.